The van der Waals surface area contributed by atoms with Gasteiger partial charge in [-0.2, -0.15) is 0 Å². The predicted octanol–water partition coefficient (Wildman–Crippen LogP) is 5.67. The van der Waals surface area contributed by atoms with Gasteiger partial charge in [0.25, 0.3) is 5.91 Å². The van der Waals surface area contributed by atoms with Crippen LogP contribution in [0.3, 0.4) is 0 Å². The number of aromatic nitrogens is 3. The molecular formula is C25H26BrF2N5O2S. The van der Waals surface area contributed by atoms with E-state index < -0.39 is 23.6 Å². The second-order valence-corrected chi connectivity index (χ2v) is 10.2. The van der Waals surface area contributed by atoms with E-state index in [2.05, 4.69) is 43.3 Å². The van der Waals surface area contributed by atoms with Crippen molar-refractivity contribution in [2.45, 2.75) is 38.5 Å². The first-order valence-electron chi connectivity index (χ1n) is 11.1. The minimum Gasteiger partial charge on any atom is -0.342 e. The number of aryl methyl sites for hydroxylation is 1. The van der Waals surface area contributed by atoms with Gasteiger partial charge in [0.05, 0.1) is 17.5 Å². The Bertz CT molecular complexity index is 1240. The van der Waals surface area contributed by atoms with Crippen LogP contribution in [0.2, 0.25) is 0 Å². The predicted molar refractivity (Wildman–Crippen MR) is 140 cm³/mol. The number of amides is 2. The van der Waals surface area contributed by atoms with Crippen molar-refractivity contribution in [3.05, 3.63) is 82.1 Å². The summed E-state index contributed by atoms with van der Waals surface area (Å²) in [5.41, 5.74) is 1.44. The molecule has 0 fully saturated rings. The fraction of sp³-hybridized carbons (Fsp3) is 0.280. The molecule has 0 unspecified atom stereocenters. The molecule has 2 N–H and O–H groups in total. The number of carbonyl (C=O) groups is 2. The molecule has 3 aromatic rings. The zero-order valence-corrected chi connectivity index (χ0v) is 22.4. The molecule has 1 atom stereocenters. The molecule has 3 rings (SSSR count). The van der Waals surface area contributed by atoms with Gasteiger partial charge in [-0.05, 0) is 47.0 Å². The number of halogens is 3. The Kier molecular flexibility index (Phi) is 9.38. The van der Waals surface area contributed by atoms with Crippen molar-refractivity contribution >= 4 is 45.2 Å². The van der Waals surface area contributed by atoms with Gasteiger partial charge in [0.15, 0.2) is 16.8 Å². The lowest BCUT2D eigenvalue weighted by atomic mass is 10.0. The Hall–Kier alpha value is -3.05. The maximum Gasteiger partial charge on any atom is 0.251 e. The molecule has 0 bridgehead atoms. The van der Waals surface area contributed by atoms with E-state index in [-0.39, 0.29) is 27.7 Å². The quantitative estimate of drug-likeness (QED) is 0.239. The highest BCUT2D eigenvalue weighted by Crippen LogP contribution is 2.28. The van der Waals surface area contributed by atoms with Gasteiger partial charge in [0.2, 0.25) is 5.91 Å². The third-order valence-electron chi connectivity index (χ3n) is 5.21. The van der Waals surface area contributed by atoms with E-state index in [1.807, 2.05) is 32.9 Å². The number of nitrogens with zero attached hydrogens (tertiary/aromatic N) is 3. The lowest BCUT2D eigenvalue weighted by Gasteiger charge is -2.22. The number of benzene rings is 2. The van der Waals surface area contributed by atoms with Crippen LogP contribution >= 0.6 is 27.7 Å². The Morgan fingerprint density at radius 3 is 2.50 bits per heavy atom. The van der Waals surface area contributed by atoms with Gasteiger partial charge in [-0.3, -0.25) is 9.59 Å². The highest BCUT2D eigenvalue weighted by molar-refractivity contribution is 9.10. The van der Waals surface area contributed by atoms with Gasteiger partial charge in [-0.25, -0.2) is 8.78 Å². The number of allylic oxidation sites excluding steroid dienone is 1. The molecule has 0 saturated carbocycles. The summed E-state index contributed by atoms with van der Waals surface area (Å²) in [4.78, 5) is 25.4. The number of hydrogen-bond acceptors (Lipinski definition) is 5. The van der Waals surface area contributed by atoms with Crippen LogP contribution in [0.15, 0.2) is 58.7 Å². The van der Waals surface area contributed by atoms with Gasteiger partial charge in [0, 0.05) is 22.6 Å². The van der Waals surface area contributed by atoms with E-state index in [0.717, 1.165) is 23.4 Å². The van der Waals surface area contributed by atoms with Crippen LogP contribution in [0.25, 0.3) is 0 Å². The molecule has 190 valence electrons. The van der Waals surface area contributed by atoms with Crippen LogP contribution in [0.1, 0.15) is 41.6 Å². The summed E-state index contributed by atoms with van der Waals surface area (Å²) in [6, 6.07) is 8.58. The Morgan fingerprint density at radius 2 is 1.89 bits per heavy atom. The number of thioether (sulfide) groups is 1. The fourth-order valence-electron chi connectivity index (χ4n) is 3.36. The molecule has 1 heterocycles. The van der Waals surface area contributed by atoms with E-state index in [1.54, 1.807) is 22.8 Å². The molecule has 0 aliphatic carbocycles. The van der Waals surface area contributed by atoms with Gasteiger partial charge in [-0.15, -0.1) is 16.8 Å². The summed E-state index contributed by atoms with van der Waals surface area (Å²) in [6.07, 6.45) is 1.67. The van der Waals surface area contributed by atoms with E-state index >= 15 is 0 Å². The van der Waals surface area contributed by atoms with Crippen LogP contribution < -0.4 is 10.6 Å². The molecule has 2 amide bonds. The summed E-state index contributed by atoms with van der Waals surface area (Å²) < 4.78 is 29.2. The van der Waals surface area contributed by atoms with Crippen molar-refractivity contribution in [2.75, 3.05) is 11.1 Å². The molecule has 0 aliphatic rings. The molecular weight excluding hydrogens is 552 g/mol. The van der Waals surface area contributed by atoms with Crippen LogP contribution in [0.5, 0.6) is 0 Å². The molecule has 0 aliphatic heterocycles. The monoisotopic (exact) mass is 577 g/mol. The number of hydrogen-bond donors (Lipinski definition) is 2. The lowest BCUT2D eigenvalue weighted by molar-refractivity contribution is -0.113. The van der Waals surface area contributed by atoms with E-state index in [4.69, 9.17) is 0 Å². The lowest BCUT2D eigenvalue weighted by Crippen LogP contribution is -2.33. The summed E-state index contributed by atoms with van der Waals surface area (Å²) in [5, 5.41) is 14.4. The average Bonchev–Trinajstić information content (AvgIpc) is 3.21. The topological polar surface area (TPSA) is 88.9 Å². The molecule has 11 heteroatoms. The molecule has 36 heavy (non-hydrogen) atoms. The van der Waals surface area contributed by atoms with Crippen LogP contribution in [0, 0.1) is 24.5 Å². The SMILES string of the molecule is C=CCn1c(SCC(=O)Nc2c(F)cc(F)cc2Br)nnc1[C@H](NC(=O)c1ccc(C)cc1)C(C)C. The number of nitrogens with one attached hydrogen (secondary N) is 2. The minimum atomic E-state index is -0.888. The van der Waals surface area contributed by atoms with Crippen molar-refractivity contribution in [1.29, 1.82) is 0 Å². The van der Waals surface area contributed by atoms with Gasteiger partial charge in [-0.1, -0.05) is 49.4 Å². The third kappa shape index (κ3) is 6.79. The first kappa shape index (κ1) is 27.5. The maximum absolute atomic E-state index is 14.1. The van der Waals surface area contributed by atoms with E-state index in [0.29, 0.717) is 29.2 Å². The van der Waals surface area contributed by atoms with Crippen molar-refractivity contribution in [2.24, 2.45) is 5.92 Å². The highest BCUT2D eigenvalue weighted by Gasteiger charge is 2.26. The Labute approximate surface area is 220 Å². The number of anilines is 1. The van der Waals surface area contributed by atoms with E-state index in [1.165, 1.54) is 0 Å². The molecule has 0 radical (unpaired) electrons. The van der Waals surface area contributed by atoms with Gasteiger partial charge in [0.1, 0.15) is 5.82 Å². The smallest absolute Gasteiger partial charge is 0.251 e. The van der Waals surface area contributed by atoms with Gasteiger partial charge < -0.3 is 15.2 Å². The highest BCUT2D eigenvalue weighted by atomic mass is 79.9. The summed E-state index contributed by atoms with van der Waals surface area (Å²) >= 11 is 4.15. The summed E-state index contributed by atoms with van der Waals surface area (Å²) in [5.74, 6) is -1.96. The molecule has 7 nitrogen and oxygen atoms in total. The maximum atomic E-state index is 14.1. The zero-order chi connectivity index (χ0) is 26.4. The number of rotatable bonds is 10. The average molecular weight is 578 g/mol. The van der Waals surface area contributed by atoms with Crippen LogP contribution in [-0.2, 0) is 11.3 Å². The normalized spacial score (nSPS) is 11.9. The minimum absolute atomic E-state index is 0.00730. The standard InChI is InChI=1S/C25H26BrF2N5O2S/c1-5-10-33-23(21(14(2)3)30-24(35)16-8-6-15(4)7-9-16)31-32-25(33)36-13-20(34)29-22-18(26)11-17(27)12-19(22)28/h5-9,11-12,14,21H,1,10,13H2,2-4H3,(H,29,34)(H,30,35)/t21-/m1/s1. The fourth-order valence-corrected chi connectivity index (χ4v) is 4.63. The van der Waals surface area contributed by atoms with Crippen LogP contribution in [-0.4, -0.2) is 32.3 Å². The first-order chi connectivity index (χ1) is 17.1. The number of carbonyl (C=O) groups excluding carboxylic acids is 2. The second-order valence-electron chi connectivity index (χ2n) is 8.38. The van der Waals surface area contributed by atoms with E-state index in [9.17, 15) is 18.4 Å². The zero-order valence-electron chi connectivity index (χ0n) is 20.0. The van der Waals surface area contributed by atoms with Crippen molar-refractivity contribution in [1.82, 2.24) is 20.1 Å². The van der Waals surface area contributed by atoms with Crippen LogP contribution in [0.4, 0.5) is 14.5 Å². The Balaban J connectivity index is 1.76. The molecule has 2 aromatic carbocycles. The largest absolute Gasteiger partial charge is 0.342 e. The summed E-state index contributed by atoms with van der Waals surface area (Å²) in [6.45, 7) is 10.0. The molecule has 0 saturated heterocycles. The van der Waals surface area contributed by atoms with Gasteiger partial charge >= 0.3 is 0 Å². The van der Waals surface area contributed by atoms with Crippen molar-refractivity contribution in [3.8, 4) is 0 Å². The molecule has 1 aromatic heterocycles. The summed E-state index contributed by atoms with van der Waals surface area (Å²) in [7, 11) is 0. The molecule has 0 spiro atoms. The van der Waals surface area contributed by atoms with Crippen molar-refractivity contribution < 1.29 is 18.4 Å². The first-order valence-corrected chi connectivity index (χ1v) is 12.9. The Morgan fingerprint density at radius 1 is 1.19 bits per heavy atom. The third-order valence-corrected chi connectivity index (χ3v) is 6.80. The van der Waals surface area contributed by atoms with Crippen molar-refractivity contribution in [3.63, 3.8) is 0 Å². The second kappa shape index (κ2) is 12.3.